The van der Waals surface area contributed by atoms with Crippen LogP contribution in [0.1, 0.15) is 23.0 Å². The van der Waals surface area contributed by atoms with Gasteiger partial charge in [-0.1, -0.05) is 5.21 Å². The molecule has 2 aromatic carbocycles. The number of carbonyl (C=O) groups is 1. The maximum Gasteiger partial charge on any atom is 0.294 e. The molecule has 0 aliphatic carbocycles. The van der Waals surface area contributed by atoms with Crippen LogP contribution < -0.4 is 15.9 Å². The van der Waals surface area contributed by atoms with Crippen molar-refractivity contribution in [3.05, 3.63) is 65.4 Å². The average Bonchev–Trinajstić information content (AvgIpc) is 3.42. The van der Waals surface area contributed by atoms with Crippen molar-refractivity contribution >= 4 is 17.9 Å². The van der Waals surface area contributed by atoms with Gasteiger partial charge in [0.2, 0.25) is 11.6 Å². The van der Waals surface area contributed by atoms with Crippen LogP contribution in [0.2, 0.25) is 0 Å². The number of nitrogen functional groups attached to an aromatic ring is 1. The van der Waals surface area contributed by atoms with E-state index in [9.17, 15) is 13.6 Å². The van der Waals surface area contributed by atoms with Crippen LogP contribution in [-0.2, 0) is 0 Å². The third-order valence-corrected chi connectivity index (χ3v) is 4.35. The maximum atomic E-state index is 13.8. The summed E-state index contributed by atoms with van der Waals surface area (Å²) in [4.78, 5) is 12.8. The lowest BCUT2D eigenvalue weighted by Gasteiger charge is -2.07. The number of hydrogen-bond acceptors (Lipinski definition) is 9. The molecule has 168 valence electrons. The summed E-state index contributed by atoms with van der Waals surface area (Å²) in [6.45, 7) is 2.34. The molecule has 0 fully saturated rings. The number of nitrogens with one attached hydrogen (secondary N) is 1. The second-order valence-electron chi connectivity index (χ2n) is 6.49. The molecular weight excluding hydrogens is 438 g/mol. The van der Waals surface area contributed by atoms with Gasteiger partial charge in [-0.15, -0.1) is 5.10 Å². The minimum absolute atomic E-state index is 0.0199. The zero-order chi connectivity index (χ0) is 23.4. The van der Waals surface area contributed by atoms with Crippen LogP contribution in [0.25, 0.3) is 17.1 Å². The molecule has 2 heterocycles. The van der Waals surface area contributed by atoms with E-state index >= 15 is 0 Å². The summed E-state index contributed by atoms with van der Waals surface area (Å²) < 4.78 is 38.1. The molecule has 0 atom stereocenters. The first-order valence-electron chi connectivity index (χ1n) is 9.53. The standard InChI is InChI=1S/C20H16F2N8O3/c1-2-32-14-7-4-11(5-8-14)17-16(25-29-30(17)19-18(23)27-33-28-19)20(31)26-24-10-12-3-6-13(21)9-15(12)22/h3-10H,2H2,1H3,(H2,23,27)(H,26,31)/b24-10-. The maximum absolute atomic E-state index is 13.8. The van der Waals surface area contributed by atoms with E-state index < -0.39 is 17.5 Å². The van der Waals surface area contributed by atoms with Crippen LogP contribution >= 0.6 is 0 Å². The van der Waals surface area contributed by atoms with Gasteiger partial charge in [-0.05, 0) is 53.6 Å². The van der Waals surface area contributed by atoms with Crippen LogP contribution in [0.15, 0.2) is 52.2 Å². The van der Waals surface area contributed by atoms with E-state index in [1.807, 2.05) is 6.92 Å². The Kier molecular flexibility index (Phi) is 6.02. The highest BCUT2D eigenvalue weighted by Gasteiger charge is 2.25. The van der Waals surface area contributed by atoms with E-state index in [1.54, 1.807) is 24.3 Å². The highest BCUT2D eigenvalue weighted by atomic mass is 19.1. The molecule has 0 bridgehead atoms. The highest BCUT2D eigenvalue weighted by Crippen LogP contribution is 2.28. The van der Waals surface area contributed by atoms with E-state index in [2.05, 4.69) is 35.8 Å². The van der Waals surface area contributed by atoms with Gasteiger partial charge in [-0.2, -0.15) is 9.78 Å². The smallest absolute Gasteiger partial charge is 0.294 e. The highest BCUT2D eigenvalue weighted by molar-refractivity contribution is 5.98. The summed E-state index contributed by atoms with van der Waals surface area (Å²) in [5.74, 6) is -1.72. The van der Waals surface area contributed by atoms with Gasteiger partial charge in [0, 0.05) is 17.2 Å². The number of nitrogens with zero attached hydrogens (tertiary/aromatic N) is 6. The topological polar surface area (TPSA) is 146 Å². The van der Waals surface area contributed by atoms with Crippen LogP contribution in [0, 0.1) is 11.6 Å². The molecular formula is C20H16F2N8O3. The molecule has 0 aliphatic rings. The SMILES string of the molecule is CCOc1ccc(-c2c(C(=O)N/N=C\c3ccc(F)cc3F)nnn2-c2nonc2N)cc1. The Morgan fingerprint density at radius 3 is 2.70 bits per heavy atom. The Morgan fingerprint density at radius 2 is 2.03 bits per heavy atom. The van der Waals surface area contributed by atoms with E-state index in [1.165, 1.54) is 10.7 Å². The molecule has 1 amide bonds. The molecule has 0 radical (unpaired) electrons. The van der Waals surface area contributed by atoms with Crippen LogP contribution in [0.5, 0.6) is 5.75 Å². The molecule has 0 spiro atoms. The van der Waals surface area contributed by atoms with Gasteiger partial charge < -0.3 is 10.5 Å². The van der Waals surface area contributed by atoms with Gasteiger partial charge in [0.25, 0.3) is 5.91 Å². The zero-order valence-electron chi connectivity index (χ0n) is 17.1. The normalized spacial score (nSPS) is 11.1. The van der Waals surface area contributed by atoms with Gasteiger partial charge in [0.1, 0.15) is 23.1 Å². The quantitative estimate of drug-likeness (QED) is 0.320. The molecule has 0 saturated carbocycles. The van der Waals surface area contributed by atoms with Crippen molar-refractivity contribution in [3.8, 4) is 22.8 Å². The number of halogens is 2. The lowest BCUT2D eigenvalue weighted by atomic mass is 10.1. The molecule has 13 heteroatoms. The Balaban J connectivity index is 1.67. The van der Waals surface area contributed by atoms with Gasteiger partial charge in [0.05, 0.1) is 12.8 Å². The van der Waals surface area contributed by atoms with Gasteiger partial charge in [0.15, 0.2) is 5.69 Å². The molecule has 2 aromatic heterocycles. The number of anilines is 1. The first-order chi connectivity index (χ1) is 16.0. The van der Waals surface area contributed by atoms with Gasteiger partial charge >= 0.3 is 0 Å². The number of hydrazone groups is 1. The fourth-order valence-electron chi connectivity index (χ4n) is 2.88. The minimum Gasteiger partial charge on any atom is -0.494 e. The van der Waals surface area contributed by atoms with E-state index in [-0.39, 0.29) is 28.6 Å². The van der Waals surface area contributed by atoms with Crippen LogP contribution in [-0.4, -0.2) is 44.0 Å². The molecule has 4 aromatic rings. The van der Waals surface area contributed by atoms with Crippen molar-refractivity contribution < 1.29 is 22.9 Å². The fraction of sp³-hybridized carbons (Fsp3) is 0.100. The number of nitrogens with two attached hydrogens (primary N) is 1. The predicted molar refractivity (Wildman–Crippen MR) is 112 cm³/mol. The first-order valence-corrected chi connectivity index (χ1v) is 9.53. The summed E-state index contributed by atoms with van der Waals surface area (Å²) in [6, 6.07) is 9.75. The third kappa shape index (κ3) is 4.51. The summed E-state index contributed by atoms with van der Waals surface area (Å²) in [6.07, 6.45) is 1.03. The number of aromatic nitrogens is 5. The Bertz CT molecular complexity index is 1320. The summed E-state index contributed by atoms with van der Waals surface area (Å²) >= 11 is 0. The second kappa shape index (κ2) is 9.21. The lowest BCUT2D eigenvalue weighted by molar-refractivity contribution is 0.0950. The Hall–Kier alpha value is -4.68. The van der Waals surface area contributed by atoms with Crippen molar-refractivity contribution in [2.45, 2.75) is 6.92 Å². The number of carbonyl (C=O) groups excluding carboxylic acids is 1. The van der Waals surface area contributed by atoms with Gasteiger partial charge in [-0.25, -0.2) is 18.8 Å². The Labute approximate surface area is 184 Å². The molecule has 33 heavy (non-hydrogen) atoms. The number of benzene rings is 2. The van der Waals surface area contributed by atoms with Crippen LogP contribution in [0.4, 0.5) is 14.6 Å². The summed E-state index contributed by atoms with van der Waals surface area (Å²) in [7, 11) is 0. The number of hydrogen-bond donors (Lipinski definition) is 2. The van der Waals surface area contributed by atoms with E-state index in [4.69, 9.17) is 10.5 Å². The lowest BCUT2D eigenvalue weighted by Crippen LogP contribution is -2.19. The van der Waals surface area contributed by atoms with Crippen molar-refractivity contribution in [3.63, 3.8) is 0 Å². The number of amides is 1. The molecule has 4 rings (SSSR count). The molecule has 0 unspecified atom stereocenters. The van der Waals surface area contributed by atoms with Crippen molar-refractivity contribution in [2.75, 3.05) is 12.3 Å². The third-order valence-electron chi connectivity index (χ3n) is 4.35. The average molecular weight is 454 g/mol. The molecule has 0 saturated heterocycles. The molecule has 11 nitrogen and oxygen atoms in total. The largest absolute Gasteiger partial charge is 0.494 e. The van der Waals surface area contributed by atoms with Crippen molar-refractivity contribution in [2.24, 2.45) is 5.10 Å². The fourth-order valence-corrected chi connectivity index (χ4v) is 2.88. The monoisotopic (exact) mass is 454 g/mol. The van der Waals surface area contributed by atoms with Crippen molar-refractivity contribution in [1.29, 1.82) is 0 Å². The number of ether oxygens (including phenoxy) is 1. The summed E-state index contributed by atoms with van der Waals surface area (Å²) in [5, 5.41) is 18.8. The zero-order valence-corrected chi connectivity index (χ0v) is 17.1. The second-order valence-corrected chi connectivity index (χ2v) is 6.49. The number of rotatable bonds is 7. The predicted octanol–water partition coefficient (Wildman–Crippen LogP) is 2.34. The first kappa shape index (κ1) is 21.5. The molecule has 0 aliphatic heterocycles. The minimum atomic E-state index is -0.831. The van der Waals surface area contributed by atoms with Crippen LogP contribution in [0.3, 0.4) is 0 Å². The molecule has 3 N–H and O–H groups in total. The van der Waals surface area contributed by atoms with E-state index in [0.29, 0.717) is 24.0 Å². The van der Waals surface area contributed by atoms with E-state index in [0.717, 1.165) is 12.3 Å². The summed E-state index contributed by atoms with van der Waals surface area (Å²) in [5.41, 5.74) is 8.63. The Morgan fingerprint density at radius 1 is 1.24 bits per heavy atom. The van der Waals surface area contributed by atoms with Crippen molar-refractivity contribution in [1.82, 2.24) is 30.7 Å². The van der Waals surface area contributed by atoms with Gasteiger partial charge in [-0.3, -0.25) is 4.79 Å².